The number of methoxy groups -OCH3 is 1. The Morgan fingerprint density at radius 1 is 1.55 bits per heavy atom. The van der Waals surface area contributed by atoms with E-state index in [1.165, 1.54) is 0 Å². The summed E-state index contributed by atoms with van der Waals surface area (Å²) >= 11 is 0. The summed E-state index contributed by atoms with van der Waals surface area (Å²) in [6.07, 6.45) is -5.10. The number of nitrogens with zero attached hydrogens (tertiary/aromatic N) is 1. The molecule has 0 bridgehead atoms. The zero-order valence-electron chi connectivity index (χ0n) is 10.2. The number of rotatable bonds is 3. The molecule has 1 saturated heterocycles. The molecule has 1 fully saturated rings. The first kappa shape index (κ1) is 14.8. The fraction of sp³-hybridized carbons (Fsp3) is 0.600. The van der Waals surface area contributed by atoms with Crippen molar-refractivity contribution in [2.45, 2.75) is 24.3 Å². The maximum absolute atomic E-state index is 14.2. The molecule has 2 heterocycles. The summed E-state index contributed by atoms with van der Waals surface area (Å²) in [5.41, 5.74) is -2.38. The van der Waals surface area contributed by atoms with Crippen LogP contribution >= 0.6 is 0 Å². The van der Waals surface area contributed by atoms with Crippen molar-refractivity contribution in [1.82, 2.24) is 9.55 Å². The summed E-state index contributed by atoms with van der Waals surface area (Å²) in [6, 6.07) is 0. The van der Waals surface area contributed by atoms with Crippen molar-refractivity contribution in [3.63, 3.8) is 0 Å². The molecule has 10 heteroatoms. The Bertz CT molecular complexity index is 617. The van der Waals surface area contributed by atoms with Crippen LogP contribution in [-0.2, 0) is 9.47 Å². The number of H-pyrrole nitrogens is 1. The van der Waals surface area contributed by atoms with Gasteiger partial charge in [0.25, 0.3) is 11.4 Å². The van der Waals surface area contributed by atoms with Gasteiger partial charge < -0.3 is 19.7 Å². The van der Waals surface area contributed by atoms with E-state index in [1.807, 2.05) is 0 Å². The van der Waals surface area contributed by atoms with Crippen LogP contribution in [0.4, 0.5) is 8.78 Å². The number of alkyl halides is 1. The molecule has 0 spiro atoms. The maximum Gasteiger partial charge on any atom is 0.330 e. The molecule has 1 aliphatic heterocycles. The summed E-state index contributed by atoms with van der Waals surface area (Å²) < 4.78 is 37.0. The number of hydrogen-bond acceptors (Lipinski definition) is 6. The lowest BCUT2D eigenvalue weighted by Gasteiger charge is -2.21. The lowest BCUT2D eigenvalue weighted by Crippen LogP contribution is -2.43. The average molecular weight is 294 g/mol. The fourth-order valence-electron chi connectivity index (χ4n) is 1.94. The number of hydrogen-bond donors (Lipinski definition) is 3. The third-order valence-electron chi connectivity index (χ3n) is 2.91. The summed E-state index contributed by atoms with van der Waals surface area (Å²) in [6.45, 7) is -0.706. The van der Waals surface area contributed by atoms with E-state index >= 15 is 0 Å². The molecule has 4 atom stereocenters. The van der Waals surface area contributed by atoms with Gasteiger partial charge in [-0.1, -0.05) is 0 Å². The van der Waals surface area contributed by atoms with E-state index < -0.39 is 48.0 Å². The number of ether oxygens (including phenoxy) is 2. The molecule has 2 rings (SSSR count). The van der Waals surface area contributed by atoms with Crippen molar-refractivity contribution in [1.29, 1.82) is 0 Å². The zero-order valence-corrected chi connectivity index (χ0v) is 10.2. The molecule has 3 N–H and O–H groups in total. The molecule has 0 amide bonds. The van der Waals surface area contributed by atoms with E-state index in [2.05, 4.69) is 4.74 Å². The highest BCUT2D eigenvalue weighted by molar-refractivity contribution is 4.97. The molecule has 20 heavy (non-hydrogen) atoms. The van der Waals surface area contributed by atoms with E-state index in [9.17, 15) is 28.6 Å². The molecule has 0 unspecified atom stereocenters. The van der Waals surface area contributed by atoms with Gasteiger partial charge in [0, 0.05) is 7.11 Å². The smallest absolute Gasteiger partial charge is 0.330 e. The Hall–Kier alpha value is -1.62. The highest BCUT2D eigenvalue weighted by Crippen LogP contribution is 2.37. The van der Waals surface area contributed by atoms with Crippen molar-refractivity contribution in [2.24, 2.45) is 0 Å². The predicted octanol–water partition coefficient (Wildman–Crippen LogP) is -1.76. The van der Waals surface area contributed by atoms with Crippen LogP contribution in [0.15, 0.2) is 15.8 Å². The van der Waals surface area contributed by atoms with E-state index in [4.69, 9.17) is 4.74 Å². The number of aliphatic hydroxyl groups excluding tert-OH is 2. The SMILES string of the molecule is COC[C@@]1(F)O[C@@H](n2cc(F)c(=O)[nH]c2=O)[C@H](O)[C@@H]1O. The van der Waals surface area contributed by atoms with Gasteiger partial charge in [-0.15, -0.1) is 0 Å². The number of aromatic nitrogens is 2. The predicted molar refractivity (Wildman–Crippen MR) is 59.1 cm³/mol. The van der Waals surface area contributed by atoms with Gasteiger partial charge >= 0.3 is 5.69 Å². The van der Waals surface area contributed by atoms with Crippen LogP contribution in [0.3, 0.4) is 0 Å². The second kappa shape index (κ2) is 5.05. The topological polar surface area (TPSA) is 114 Å². The number of aromatic amines is 1. The van der Waals surface area contributed by atoms with Gasteiger partial charge in [-0.3, -0.25) is 14.3 Å². The number of halogens is 2. The van der Waals surface area contributed by atoms with Gasteiger partial charge in [-0.25, -0.2) is 9.18 Å². The molecule has 8 nitrogen and oxygen atoms in total. The quantitative estimate of drug-likeness (QED) is 0.608. The molecule has 1 aliphatic rings. The van der Waals surface area contributed by atoms with Crippen LogP contribution < -0.4 is 11.2 Å². The summed E-state index contributed by atoms with van der Waals surface area (Å²) in [5, 5.41) is 19.3. The van der Waals surface area contributed by atoms with Crippen molar-refractivity contribution >= 4 is 0 Å². The lowest BCUT2D eigenvalue weighted by atomic mass is 10.1. The van der Waals surface area contributed by atoms with Crippen molar-refractivity contribution in [2.75, 3.05) is 13.7 Å². The Balaban J connectivity index is 2.42. The van der Waals surface area contributed by atoms with E-state index in [0.717, 1.165) is 7.11 Å². The van der Waals surface area contributed by atoms with Crippen LogP contribution in [0, 0.1) is 5.82 Å². The molecule has 0 aliphatic carbocycles. The molecule has 1 aromatic rings. The van der Waals surface area contributed by atoms with Crippen LogP contribution in [0.1, 0.15) is 6.23 Å². The number of nitrogens with one attached hydrogen (secondary N) is 1. The first-order valence-corrected chi connectivity index (χ1v) is 5.53. The van der Waals surface area contributed by atoms with Gasteiger partial charge in [-0.2, -0.15) is 4.39 Å². The van der Waals surface area contributed by atoms with Crippen molar-refractivity contribution < 1.29 is 28.5 Å². The number of aliphatic hydroxyl groups is 2. The minimum Gasteiger partial charge on any atom is -0.385 e. The summed E-state index contributed by atoms with van der Waals surface area (Å²) in [7, 11) is 1.14. The van der Waals surface area contributed by atoms with E-state index in [-0.39, 0.29) is 0 Å². The van der Waals surface area contributed by atoms with Crippen LogP contribution in [-0.4, -0.2) is 51.5 Å². The zero-order chi connectivity index (χ0) is 15.1. The van der Waals surface area contributed by atoms with Gasteiger partial charge in [0.15, 0.2) is 6.23 Å². The molecule has 0 radical (unpaired) electrons. The van der Waals surface area contributed by atoms with Gasteiger partial charge in [-0.05, 0) is 0 Å². The average Bonchev–Trinajstić information content (AvgIpc) is 2.59. The molecule has 0 aromatic carbocycles. The van der Waals surface area contributed by atoms with E-state index in [1.54, 1.807) is 4.98 Å². The second-order valence-electron chi connectivity index (χ2n) is 4.31. The third kappa shape index (κ3) is 2.26. The molecular weight excluding hydrogens is 282 g/mol. The minimum absolute atomic E-state index is 0.446. The van der Waals surface area contributed by atoms with Crippen molar-refractivity contribution in [3.8, 4) is 0 Å². The lowest BCUT2D eigenvalue weighted by molar-refractivity contribution is -0.212. The first-order chi connectivity index (χ1) is 9.30. The van der Waals surface area contributed by atoms with Gasteiger partial charge in [0.05, 0.1) is 6.20 Å². The van der Waals surface area contributed by atoms with E-state index in [0.29, 0.717) is 10.8 Å². The largest absolute Gasteiger partial charge is 0.385 e. The highest BCUT2D eigenvalue weighted by Gasteiger charge is 2.56. The Labute approximate surface area is 110 Å². The molecule has 1 aromatic heterocycles. The van der Waals surface area contributed by atoms with Gasteiger partial charge in [0.2, 0.25) is 5.82 Å². The Morgan fingerprint density at radius 2 is 2.20 bits per heavy atom. The Morgan fingerprint density at radius 3 is 2.80 bits per heavy atom. The van der Waals surface area contributed by atoms with Crippen molar-refractivity contribution in [3.05, 3.63) is 32.9 Å². The molecular formula is C10H12F2N2O6. The van der Waals surface area contributed by atoms with Crippen LogP contribution in [0.5, 0.6) is 0 Å². The standard InChI is InChI=1S/C10H12F2N2O6/c1-19-3-10(12)6(16)5(15)8(20-10)14-2-4(11)7(17)13-9(14)18/h2,5-6,8,15-16H,3H2,1H3,(H,13,17,18)/t5-,6+,8-,10-/m1/s1. The summed E-state index contributed by atoms with van der Waals surface area (Å²) in [4.78, 5) is 24.0. The molecule has 0 saturated carbocycles. The summed E-state index contributed by atoms with van der Waals surface area (Å²) in [5.74, 6) is -4.08. The van der Waals surface area contributed by atoms with Crippen LogP contribution in [0.25, 0.3) is 0 Å². The van der Waals surface area contributed by atoms with Gasteiger partial charge in [0.1, 0.15) is 18.8 Å². The Kier molecular flexibility index (Phi) is 3.73. The maximum atomic E-state index is 14.2. The molecule has 112 valence electrons. The third-order valence-corrected chi connectivity index (χ3v) is 2.91. The second-order valence-corrected chi connectivity index (χ2v) is 4.31. The normalized spacial score (nSPS) is 33.5. The van der Waals surface area contributed by atoms with Crippen LogP contribution in [0.2, 0.25) is 0 Å². The minimum atomic E-state index is -2.76. The first-order valence-electron chi connectivity index (χ1n) is 5.53. The highest BCUT2D eigenvalue weighted by atomic mass is 19.2. The monoisotopic (exact) mass is 294 g/mol. The fourth-order valence-corrected chi connectivity index (χ4v) is 1.94.